The highest BCUT2D eigenvalue weighted by Crippen LogP contribution is 2.13. The van der Waals surface area contributed by atoms with E-state index < -0.39 is 0 Å². The summed E-state index contributed by atoms with van der Waals surface area (Å²) in [5.41, 5.74) is 0. The van der Waals surface area contributed by atoms with Gasteiger partial charge in [0.05, 0.1) is 5.37 Å². The minimum atomic E-state index is 0. The van der Waals surface area contributed by atoms with Crippen molar-refractivity contribution in [2.24, 2.45) is 0 Å². The van der Waals surface area contributed by atoms with Crippen molar-refractivity contribution < 1.29 is 1.43 Å². The first-order valence-corrected chi connectivity index (χ1v) is 3.25. The molecule has 0 amide bonds. The van der Waals surface area contributed by atoms with E-state index in [0.29, 0.717) is 11.4 Å². The molecule has 1 fully saturated rings. The van der Waals surface area contributed by atoms with E-state index in [2.05, 4.69) is 24.9 Å². The van der Waals surface area contributed by atoms with Crippen LogP contribution in [0.3, 0.4) is 0 Å². The topological polar surface area (TPSA) is 12.0 Å². The van der Waals surface area contributed by atoms with Crippen LogP contribution in [0.4, 0.5) is 0 Å². The van der Waals surface area contributed by atoms with Gasteiger partial charge in [-0.25, -0.2) is 0 Å². The van der Waals surface area contributed by atoms with E-state index in [9.17, 15) is 0 Å². The van der Waals surface area contributed by atoms with Crippen molar-refractivity contribution in [1.82, 2.24) is 5.32 Å². The second-order valence-electron chi connectivity index (χ2n) is 2.16. The van der Waals surface area contributed by atoms with Gasteiger partial charge in [0.2, 0.25) is 0 Å². The minimum absolute atomic E-state index is 0. The van der Waals surface area contributed by atoms with E-state index in [4.69, 9.17) is 0 Å². The molecule has 2 heteroatoms. The van der Waals surface area contributed by atoms with E-state index in [1.807, 2.05) is 0 Å². The highest BCUT2D eigenvalue weighted by Gasteiger charge is 2.15. The Morgan fingerprint density at radius 2 is 2.43 bits per heavy atom. The molecule has 0 aromatic rings. The molecular weight excluding hydrogens is 106 g/mol. The molecule has 1 rings (SSSR count). The Morgan fingerprint density at radius 1 is 1.71 bits per heavy atom. The Balaban J connectivity index is 0.000000490. The van der Waals surface area contributed by atoms with E-state index in [1.165, 1.54) is 12.8 Å². The predicted octanol–water partition coefficient (Wildman–Crippen LogP) is 1.26. The minimum Gasteiger partial charge on any atom is -0.303 e. The van der Waals surface area contributed by atoms with Crippen molar-refractivity contribution in [3.63, 3.8) is 0 Å². The van der Waals surface area contributed by atoms with Crippen LogP contribution >= 0.6 is 12.6 Å². The predicted molar refractivity (Wildman–Crippen MR) is 36.7 cm³/mol. The summed E-state index contributed by atoms with van der Waals surface area (Å²) in [6, 6.07) is 0.697. The van der Waals surface area contributed by atoms with Crippen molar-refractivity contribution in [2.45, 2.75) is 31.2 Å². The molecule has 2 atom stereocenters. The molecule has 44 valence electrons. The fraction of sp³-hybridized carbons (Fsp3) is 1.00. The first kappa shape index (κ1) is 5.45. The van der Waals surface area contributed by atoms with Gasteiger partial charge in [0.25, 0.3) is 0 Å². The van der Waals surface area contributed by atoms with Gasteiger partial charge in [-0.15, -0.1) is 0 Å². The molecule has 0 saturated carbocycles. The van der Waals surface area contributed by atoms with E-state index in [-0.39, 0.29) is 1.43 Å². The maximum Gasteiger partial charge on any atom is 0.0504 e. The van der Waals surface area contributed by atoms with Gasteiger partial charge in [0.1, 0.15) is 0 Å². The molecule has 1 aliphatic heterocycles. The molecule has 2 unspecified atom stereocenters. The Morgan fingerprint density at radius 3 is 2.57 bits per heavy atom. The number of nitrogens with one attached hydrogen (secondary N) is 1. The van der Waals surface area contributed by atoms with Crippen molar-refractivity contribution in [2.75, 3.05) is 0 Å². The molecule has 1 saturated heterocycles. The summed E-state index contributed by atoms with van der Waals surface area (Å²) in [5.74, 6) is 0. The van der Waals surface area contributed by atoms with E-state index in [0.717, 1.165) is 0 Å². The van der Waals surface area contributed by atoms with Crippen molar-refractivity contribution in [3.05, 3.63) is 0 Å². The molecular formula is C5H13NS. The summed E-state index contributed by atoms with van der Waals surface area (Å²) < 4.78 is 0. The standard InChI is InChI=1S/C5H11NS.H2/c1-4-2-3-5(7)6-4;/h4-7H,2-3H2,1H3;1H. The van der Waals surface area contributed by atoms with Gasteiger partial charge in [0, 0.05) is 7.47 Å². The SMILES string of the molecule is CC1CCC(S)N1.[HH]. The summed E-state index contributed by atoms with van der Waals surface area (Å²) in [6.07, 6.45) is 2.51. The molecule has 1 heterocycles. The zero-order valence-corrected chi connectivity index (χ0v) is 5.41. The largest absolute Gasteiger partial charge is 0.303 e. The molecule has 1 aliphatic rings. The Bertz CT molecular complexity index is 61.4. The van der Waals surface area contributed by atoms with Gasteiger partial charge < -0.3 is 5.32 Å². The number of hydrogen-bond donors (Lipinski definition) is 2. The molecule has 0 radical (unpaired) electrons. The van der Waals surface area contributed by atoms with Crippen LogP contribution in [0, 0.1) is 0 Å². The average Bonchev–Trinajstić information content (AvgIpc) is 1.87. The highest BCUT2D eigenvalue weighted by molar-refractivity contribution is 7.80. The number of rotatable bonds is 0. The molecule has 1 nitrogen and oxygen atoms in total. The first-order chi connectivity index (χ1) is 3.29. The maximum atomic E-state index is 4.24. The smallest absolute Gasteiger partial charge is 0.0504 e. The van der Waals surface area contributed by atoms with Crippen LogP contribution < -0.4 is 5.32 Å². The Labute approximate surface area is 51.4 Å². The van der Waals surface area contributed by atoms with Gasteiger partial charge in [-0.1, -0.05) is 0 Å². The van der Waals surface area contributed by atoms with Gasteiger partial charge in [-0.2, -0.15) is 12.6 Å². The molecule has 0 aromatic carbocycles. The molecule has 1 N–H and O–H groups in total. The molecule has 0 bridgehead atoms. The van der Waals surface area contributed by atoms with E-state index in [1.54, 1.807) is 0 Å². The summed E-state index contributed by atoms with van der Waals surface area (Å²) in [6.45, 7) is 2.19. The van der Waals surface area contributed by atoms with Gasteiger partial charge in [0.15, 0.2) is 0 Å². The van der Waals surface area contributed by atoms with Crippen LogP contribution in [0.2, 0.25) is 0 Å². The number of thiol groups is 1. The average molecular weight is 119 g/mol. The Kier molecular flexibility index (Phi) is 1.60. The highest BCUT2D eigenvalue weighted by atomic mass is 32.1. The van der Waals surface area contributed by atoms with Crippen LogP contribution in [-0.4, -0.2) is 11.4 Å². The lowest BCUT2D eigenvalue weighted by atomic mass is 10.3. The third-order valence-electron chi connectivity index (χ3n) is 1.35. The van der Waals surface area contributed by atoms with Crippen LogP contribution in [0.1, 0.15) is 21.2 Å². The third-order valence-corrected chi connectivity index (χ3v) is 1.76. The monoisotopic (exact) mass is 119 g/mol. The molecule has 7 heavy (non-hydrogen) atoms. The van der Waals surface area contributed by atoms with Crippen LogP contribution in [0.15, 0.2) is 0 Å². The zero-order chi connectivity index (χ0) is 5.28. The molecule has 0 aliphatic carbocycles. The lowest BCUT2D eigenvalue weighted by Gasteiger charge is -2.01. The van der Waals surface area contributed by atoms with Crippen LogP contribution in [0.25, 0.3) is 0 Å². The molecule has 0 spiro atoms. The maximum absolute atomic E-state index is 4.24. The van der Waals surface area contributed by atoms with Crippen molar-refractivity contribution in [3.8, 4) is 0 Å². The first-order valence-electron chi connectivity index (χ1n) is 2.73. The second-order valence-corrected chi connectivity index (χ2v) is 2.78. The summed E-state index contributed by atoms with van der Waals surface area (Å²) in [4.78, 5) is 0. The molecule has 0 aromatic heterocycles. The summed E-state index contributed by atoms with van der Waals surface area (Å²) >= 11 is 4.24. The van der Waals surface area contributed by atoms with Gasteiger partial charge in [-0.3, -0.25) is 0 Å². The summed E-state index contributed by atoms with van der Waals surface area (Å²) in [5, 5.41) is 3.75. The fourth-order valence-electron chi connectivity index (χ4n) is 0.903. The lowest BCUT2D eigenvalue weighted by Crippen LogP contribution is -2.22. The van der Waals surface area contributed by atoms with Crippen LogP contribution in [0.5, 0.6) is 0 Å². The normalized spacial score (nSPS) is 42.0. The fourth-order valence-corrected chi connectivity index (χ4v) is 1.31. The van der Waals surface area contributed by atoms with Crippen molar-refractivity contribution >= 4 is 12.6 Å². The zero-order valence-electron chi connectivity index (χ0n) is 4.52. The van der Waals surface area contributed by atoms with Crippen molar-refractivity contribution in [1.29, 1.82) is 0 Å². The third kappa shape index (κ3) is 1.35. The quantitative estimate of drug-likeness (QED) is 0.457. The Hall–Kier alpha value is 0.310. The van der Waals surface area contributed by atoms with Gasteiger partial charge >= 0.3 is 0 Å². The second kappa shape index (κ2) is 2.05. The van der Waals surface area contributed by atoms with Crippen LogP contribution in [-0.2, 0) is 0 Å². The number of hydrogen-bond acceptors (Lipinski definition) is 2. The van der Waals surface area contributed by atoms with Gasteiger partial charge in [-0.05, 0) is 19.8 Å². The lowest BCUT2D eigenvalue weighted by molar-refractivity contribution is 0.653. The summed E-state index contributed by atoms with van der Waals surface area (Å²) in [7, 11) is 0. The van der Waals surface area contributed by atoms with E-state index >= 15 is 0 Å².